The van der Waals surface area contributed by atoms with Crippen molar-refractivity contribution in [1.82, 2.24) is 5.32 Å². The van der Waals surface area contributed by atoms with Crippen LogP contribution in [-0.4, -0.2) is 31.5 Å². The predicted molar refractivity (Wildman–Crippen MR) is 63.4 cm³/mol. The van der Waals surface area contributed by atoms with E-state index in [4.69, 9.17) is 4.74 Å². The van der Waals surface area contributed by atoms with Crippen molar-refractivity contribution in [2.45, 2.75) is 63.3 Å². The van der Waals surface area contributed by atoms with Gasteiger partial charge >= 0.3 is 6.18 Å². The fourth-order valence-electron chi connectivity index (χ4n) is 3.09. The van der Waals surface area contributed by atoms with Crippen LogP contribution in [0, 0.1) is 5.92 Å². The van der Waals surface area contributed by atoms with Gasteiger partial charge in [-0.1, -0.05) is 0 Å². The molecule has 0 aromatic rings. The summed E-state index contributed by atoms with van der Waals surface area (Å²) >= 11 is 0. The summed E-state index contributed by atoms with van der Waals surface area (Å²) in [7, 11) is 0. The van der Waals surface area contributed by atoms with E-state index < -0.39 is 12.1 Å². The van der Waals surface area contributed by atoms with Crippen LogP contribution < -0.4 is 5.32 Å². The second kappa shape index (κ2) is 6.24. The standard InChI is InChI=1S/C13H22F3NO/c14-13(15,16)11-6-2-8-17-12(11)7-1-4-10-5-3-9-18-10/h10-12,17H,1-9H2. The van der Waals surface area contributed by atoms with Crippen LogP contribution in [-0.2, 0) is 4.74 Å². The number of nitrogens with one attached hydrogen (secondary N) is 1. The minimum absolute atomic E-state index is 0.279. The molecule has 2 nitrogen and oxygen atoms in total. The molecule has 2 saturated heterocycles. The van der Waals surface area contributed by atoms with E-state index in [0.717, 1.165) is 38.8 Å². The van der Waals surface area contributed by atoms with Gasteiger partial charge in [0, 0.05) is 12.6 Å². The molecule has 3 atom stereocenters. The maximum atomic E-state index is 12.9. The predicted octanol–water partition coefficient (Wildman–Crippen LogP) is 3.27. The van der Waals surface area contributed by atoms with E-state index in [1.165, 1.54) is 0 Å². The highest BCUT2D eigenvalue weighted by atomic mass is 19.4. The Morgan fingerprint density at radius 2 is 1.94 bits per heavy atom. The molecule has 0 aliphatic carbocycles. The SMILES string of the molecule is FC(F)(F)C1CCCNC1CCCC1CCCO1. The molecule has 2 aliphatic heterocycles. The molecule has 1 N–H and O–H groups in total. The van der Waals surface area contributed by atoms with Gasteiger partial charge in [0.2, 0.25) is 0 Å². The molecule has 2 rings (SSSR count). The average Bonchev–Trinajstić information content (AvgIpc) is 2.81. The Bertz CT molecular complexity index is 251. The first kappa shape index (κ1) is 14.1. The van der Waals surface area contributed by atoms with E-state index in [2.05, 4.69) is 5.32 Å². The van der Waals surface area contributed by atoms with Gasteiger partial charge in [0.25, 0.3) is 0 Å². The van der Waals surface area contributed by atoms with Crippen LogP contribution in [0.4, 0.5) is 13.2 Å². The Hall–Kier alpha value is -0.290. The summed E-state index contributed by atoms with van der Waals surface area (Å²) in [6.45, 7) is 1.54. The third kappa shape index (κ3) is 3.85. The molecule has 2 fully saturated rings. The third-order valence-electron chi connectivity index (χ3n) is 4.07. The van der Waals surface area contributed by atoms with Crippen LogP contribution in [0.5, 0.6) is 0 Å². The molecule has 2 heterocycles. The van der Waals surface area contributed by atoms with Crippen LogP contribution in [0.1, 0.15) is 44.9 Å². The van der Waals surface area contributed by atoms with Crippen molar-refractivity contribution in [3.05, 3.63) is 0 Å². The van der Waals surface area contributed by atoms with Crippen LogP contribution >= 0.6 is 0 Å². The van der Waals surface area contributed by atoms with Crippen LogP contribution in [0.2, 0.25) is 0 Å². The van der Waals surface area contributed by atoms with Gasteiger partial charge < -0.3 is 10.1 Å². The minimum atomic E-state index is -4.05. The monoisotopic (exact) mass is 265 g/mol. The Morgan fingerprint density at radius 3 is 2.61 bits per heavy atom. The van der Waals surface area contributed by atoms with Crippen LogP contribution in [0.3, 0.4) is 0 Å². The van der Waals surface area contributed by atoms with E-state index in [-0.39, 0.29) is 18.6 Å². The second-order valence-electron chi connectivity index (χ2n) is 5.42. The Kier molecular flexibility index (Phi) is 4.90. The molecule has 18 heavy (non-hydrogen) atoms. The van der Waals surface area contributed by atoms with Crippen molar-refractivity contribution in [3.8, 4) is 0 Å². The number of piperidine rings is 1. The van der Waals surface area contributed by atoms with Gasteiger partial charge in [-0.15, -0.1) is 0 Å². The number of hydrogen-bond donors (Lipinski definition) is 1. The van der Waals surface area contributed by atoms with E-state index >= 15 is 0 Å². The zero-order valence-corrected chi connectivity index (χ0v) is 10.6. The molecule has 0 amide bonds. The van der Waals surface area contributed by atoms with Gasteiger partial charge in [-0.3, -0.25) is 0 Å². The molecule has 0 spiro atoms. The molecule has 0 saturated carbocycles. The molecule has 0 bridgehead atoms. The Balaban J connectivity index is 1.75. The molecule has 0 aromatic heterocycles. The maximum absolute atomic E-state index is 12.9. The Labute approximate surface area is 106 Å². The first-order valence-electron chi connectivity index (χ1n) is 6.99. The van der Waals surface area contributed by atoms with Crippen molar-refractivity contribution in [1.29, 1.82) is 0 Å². The van der Waals surface area contributed by atoms with Gasteiger partial charge in [-0.05, 0) is 51.5 Å². The number of halogens is 3. The van der Waals surface area contributed by atoms with Crippen molar-refractivity contribution >= 4 is 0 Å². The van der Waals surface area contributed by atoms with Gasteiger partial charge in [0.1, 0.15) is 0 Å². The lowest BCUT2D eigenvalue weighted by Crippen LogP contribution is -2.47. The molecule has 3 unspecified atom stereocenters. The average molecular weight is 265 g/mol. The number of alkyl halides is 3. The lowest BCUT2D eigenvalue weighted by Gasteiger charge is -2.34. The molecule has 106 valence electrons. The van der Waals surface area contributed by atoms with E-state index in [1.807, 2.05) is 0 Å². The topological polar surface area (TPSA) is 21.3 Å². The number of ether oxygens (including phenoxy) is 1. The zero-order chi connectivity index (χ0) is 13.0. The van der Waals surface area contributed by atoms with E-state index in [1.54, 1.807) is 0 Å². The Morgan fingerprint density at radius 1 is 1.11 bits per heavy atom. The first-order valence-corrected chi connectivity index (χ1v) is 6.99. The highest BCUT2D eigenvalue weighted by molar-refractivity contribution is 4.86. The highest BCUT2D eigenvalue weighted by Gasteiger charge is 2.45. The fraction of sp³-hybridized carbons (Fsp3) is 1.00. The number of hydrogen-bond acceptors (Lipinski definition) is 2. The smallest absolute Gasteiger partial charge is 0.378 e. The molecular weight excluding hydrogens is 243 g/mol. The van der Waals surface area contributed by atoms with Gasteiger partial charge in [0.05, 0.1) is 12.0 Å². The van der Waals surface area contributed by atoms with E-state index in [0.29, 0.717) is 12.8 Å². The van der Waals surface area contributed by atoms with Crippen LogP contribution in [0.15, 0.2) is 0 Å². The van der Waals surface area contributed by atoms with Crippen molar-refractivity contribution in [2.24, 2.45) is 5.92 Å². The third-order valence-corrected chi connectivity index (χ3v) is 4.07. The van der Waals surface area contributed by atoms with Crippen molar-refractivity contribution < 1.29 is 17.9 Å². The zero-order valence-electron chi connectivity index (χ0n) is 10.6. The minimum Gasteiger partial charge on any atom is -0.378 e. The van der Waals surface area contributed by atoms with Crippen LogP contribution in [0.25, 0.3) is 0 Å². The summed E-state index contributed by atoms with van der Waals surface area (Å²) in [5, 5.41) is 3.04. The molecule has 2 aliphatic rings. The summed E-state index contributed by atoms with van der Waals surface area (Å²) in [6, 6.07) is -0.389. The molecule has 0 aromatic carbocycles. The summed E-state index contributed by atoms with van der Waals surface area (Å²) < 4.78 is 44.1. The maximum Gasteiger partial charge on any atom is 0.393 e. The largest absolute Gasteiger partial charge is 0.393 e. The summed E-state index contributed by atoms with van der Waals surface area (Å²) in [5.41, 5.74) is 0. The number of rotatable bonds is 4. The molecular formula is C13H22F3NO. The van der Waals surface area contributed by atoms with E-state index in [9.17, 15) is 13.2 Å². The van der Waals surface area contributed by atoms with Gasteiger partial charge in [0.15, 0.2) is 0 Å². The summed E-state index contributed by atoms with van der Waals surface area (Å²) in [5.74, 6) is -1.16. The lowest BCUT2D eigenvalue weighted by molar-refractivity contribution is -0.188. The summed E-state index contributed by atoms with van der Waals surface area (Å²) in [4.78, 5) is 0. The lowest BCUT2D eigenvalue weighted by atomic mass is 9.87. The second-order valence-corrected chi connectivity index (χ2v) is 5.42. The van der Waals surface area contributed by atoms with Gasteiger partial charge in [-0.25, -0.2) is 0 Å². The van der Waals surface area contributed by atoms with Crippen molar-refractivity contribution in [2.75, 3.05) is 13.2 Å². The van der Waals surface area contributed by atoms with Crippen molar-refractivity contribution in [3.63, 3.8) is 0 Å². The normalized spacial score (nSPS) is 33.8. The highest BCUT2D eigenvalue weighted by Crippen LogP contribution is 2.36. The van der Waals surface area contributed by atoms with Gasteiger partial charge in [-0.2, -0.15) is 13.2 Å². The summed E-state index contributed by atoms with van der Waals surface area (Å²) in [6.07, 6.45) is 1.66. The molecule has 0 radical (unpaired) electrons. The molecule has 5 heteroatoms. The fourth-order valence-corrected chi connectivity index (χ4v) is 3.09. The first-order chi connectivity index (χ1) is 8.57. The quantitative estimate of drug-likeness (QED) is 0.842.